The smallest absolute Gasteiger partial charge is 0.467 e. The molecule has 1 atom stereocenters. The van der Waals surface area contributed by atoms with Gasteiger partial charge in [-0.15, -0.1) is 0 Å². The number of hydrogen-bond acceptors (Lipinski definition) is 6. The number of allylic oxidation sites excluding steroid dienone is 1. The molecule has 1 aliphatic rings. The Morgan fingerprint density at radius 2 is 2.00 bits per heavy atom. The zero-order chi connectivity index (χ0) is 15.5. The summed E-state index contributed by atoms with van der Waals surface area (Å²) in [5.41, 5.74) is -0.475. The predicted molar refractivity (Wildman–Crippen MR) is 71.4 cm³/mol. The van der Waals surface area contributed by atoms with Gasteiger partial charge in [0.2, 0.25) is 0 Å². The van der Waals surface area contributed by atoms with Crippen LogP contribution in [0, 0.1) is 0 Å². The van der Waals surface area contributed by atoms with Crippen LogP contribution in [0.5, 0.6) is 0 Å². The molecule has 8 heteroatoms. The van der Waals surface area contributed by atoms with E-state index in [2.05, 4.69) is 4.74 Å². The second kappa shape index (κ2) is 6.28. The van der Waals surface area contributed by atoms with Gasteiger partial charge in [-0.3, -0.25) is 4.90 Å². The Morgan fingerprint density at radius 3 is 2.45 bits per heavy atom. The standard InChI is InChI=1S/C12H20BNO6/c1-12(2,3)20-11(16)14-7-8(13(17)18)5-6-9(14)10(15)19-4/h7,9,17-18H,5-6H2,1-4H3. The predicted octanol–water partition coefficient (Wildman–Crippen LogP) is 0.455. The third-order valence-corrected chi connectivity index (χ3v) is 2.76. The monoisotopic (exact) mass is 285 g/mol. The van der Waals surface area contributed by atoms with E-state index in [1.54, 1.807) is 20.8 Å². The number of amides is 1. The molecule has 0 saturated heterocycles. The maximum atomic E-state index is 12.1. The lowest BCUT2D eigenvalue weighted by atomic mass is 9.75. The van der Waals surface area contributed by atoms with Crippen LogP contribution in [0.2, 0.25) is 0 Å². The molecule has 1 aliphatic heterocycles. The average Bonchev–Trinajstić information content (AvgIpc) is 2.35. The molecule has 0 aliphatic carbocycles. The quantitative estimate of drug-likeness (QED) is 0.565. The van der Waals surface area contributed by atoms with E-state index in [0.29, 0.717) is 0 Å². The lowest BCUT2D eigenvalue weighted by Crippen LogP contribution is -2.47. The van der Waals surface area contributed by atoms with E-state index in [1.165, 1.54) is 13.3 Å². The maximum absolute atomic E-state index is 12.1. The van der Waals surface area contributed by atoms with Crippen molar-refractivity contribution in [3.05, 3.63) is 11.7 Å². The minimum atomic E-state index is -1.67. The number of esters is 1. The minimum Gasteiger partial charge on any atom is -0.467 e. The summed E-state index contributed by atoms with van der Waals surface area (Å²) in [4.78, 5) is 24.8. The van der Waals surface area contributed by atoms with Crippen LogP contribution >= 0.6 is 0 Å². The van der Waals surface area contributed by atoms with Crippen LogP contribution in [0.25, 0.3) is 0 Å². The molecule has 0 aromatic carbocycles. The Morgan fingerprint density at radius 1 is 1.40 bits per heavy atom. The molecule has 7 nitrogen and oxygen atoms in total. The summed E-state index contributed by atoms with van der Waals surface area (Å²) >= 11 is 0. The molecule has 20 heavy (non-hydrogen) atoms. The molecule has 0 bridgehead atoms. The van der Waals surface area contributed by atoms with Gasteiger partial charge in [0.25, 0.3) is 0 Å². The van der Waals surface area contributed by atoms with Gasteiger partial charge in [0, 0.05) is 6.20 Å². The molecule has 2 N–H and O–H groups in total. The molecular formula is C12H20BNO6. The van der Waals surface area contributed by atoms with Gasteiger partial charge in [0.05, 0.1) is 7.11 Å². The largest absolute Gasteiger partial charge is 0.485 e. The van der Waals surface area contributed by atoms with E-state index < -0.39 is 30.8 Å². The number of carbonyl (C=O) groups excluding carboxylic acids is 2. The number of methoxy groups -OCH3 is 1. The molecule has 1 rings (SSSR count). The van der Waals surface area contributed by atoms with Gasteiger partial charge < -0.3 is 19.5 Å². The van der Waals surface area contributed by atoms with Crippen LogP contribution in [-0.4, -0.2) is 52.9 Å². The highest BCUT2D eigenvalue weighted by atomic mass is 16.6. The lowest BCUT2D eigenvalue weighted by molar-refractivity contribution is -0.146. The zero-order valence-electron chi connectivity index (χ0n) is 12.1. The summed E-state index contributed by atoms with van der Waals surface area (Å²) in [6.07, 6.45) is 1.04. The third kappa shape index (κ3) is 4.24. The molecule has 0 fully saturated rings. The fourth-order valence-electron chi connectivity index (χ4n) is 1.83. The maximum Gasteiger partial charge on any atom is 0.485 e. The third-order valence-electron chi connectivity index (χ3n) is 2.76. The van der Waals surface area contributed by atoms with Crippen molar-refractivity contribution in [2.45, 2.75) is 45.3 Å². The second-order valence-corrected chi connectivity index (χ2v) is 5.54. The number of carbonyl (C=O) groups is 2. The molecule has 1 amide bonds. The van der Waals surface area contributed by atoms with E-state index in [0.717, 1.165) is 4.90 Å². The second-order valence-electron chi connectivity index (χ2n) is 5.54. The van der Waals surface area contributed by atoms with Gasteiger partial charge in [-0.05, 0) is 39.1 Å². The van der Waals surface area contributed by atoms with Crippen molar-refractivity contribution in [1.82, 2.24) is 4.90 Å². The van der Waals surface area contributed by atoms with Crippen LogP contribution in [0.4, 0.5) is 4.79 Å². The highest BCUT2D eigenvalue weighted by molar-refractivity contribution is 6.50. The fraction of sp³-hybridized carbons (Fsp3) is 0.667. The van der Waals surface area contributed by atoms with E-state index in [1.807, 2.05) is 0 Å². The zero-order valence-corrected chi connectivity index (χ0v) is 12.1. The van der Waals surface area contributed by atoms with Crippen LogP contribution in [0.15, 0.2) is 11.7 Å². The van der Waals surface area contributed by atoms with Gasteiger partial charge >= 0.3 is 19.2 Å². The van der Waals surface area contributed by atoms with Gasteiger partial charge in [-0.2, -0.15) is 0 Å². The summed E-state index contributed by atoms with van der Waals surface area (Å²) in [5, 5.41) is 18.4. The van der Waals surface area contributed by atoms with Crippen LogP contribution in [0.3, 0.4) is 0 Å². The molecule has 0 spiro atoms. The Bertz CT molecular complexity index is 415. The molecule has 0 saturated carbocycles. The molecule has 112 valence electrons. The first-order valence-electron chi connectivity index (χ1n) is 6.31. The Kier molecular flexibility index (Phi) is 5.18. The summed E-state index contributed by atoms with van der Waals surface area (Å²) < 4.78 is 9.85. The first-order chi connectivity index (χ1) is 9.15. The van der Waals surface area contributed by atoms with E-state index in [9.17, 15) is 19.6 Å². The van der Waals surface area contributed by atoms with Crippen LogP contribution in [-0.2, 0) is 14.3 Å². The topological polar surface area (TPSA) is 96.3 Å². The number of rotatable bonds is 2. The molecular weight excluding hydrogens is 265 g/mol. The molecule has 0 aromatic heterocycles. The summed E-state index contributed by atoms with van der Waals surface area (Å²) in [5.74, 6) is -0.571. The highest BCUT2D eigenvalue weighted by Crippen LogP contribution is 2.24. The van der Waals surface area contributed by atoms with Crippen LogP contribution in [0.1, 0.15) is 33.6 Å². The van der Waals surface area contributed by atoms with Crippen molar-refractivity contribution in [2.24, 2.45) is 0 Å². The van der Waals surface area contributed by atoms with E-state index >= 15 is 0 Å². The van der Waals surface area contributed by atoms with Crippen molar-refractivity contribution < 1.29 is 29.1 Å². The van der Waals surface area contributed by atoms with Crippen LogP contribution < -0.4 is 0 Å². The Balaban J connectivity index is 3.00. The summed E-state index contributed by atoms with van der Waals surface area (Å²) in [7, 11) is -0.436. The Labute approximate surface area is 118 Å². The minimum absolute atomic E-state index is 0.245. The lowest BCUT2D eigenvalue weighted by Gasteiger charge is -2.33. The van der Waals surface area contributed by atoms with Crippen molar-refractivity contribution in [3.8, 4) is 0 Å². The van der Waals surface area contributed by atoms with Gasteiger partial charge in [0.15, 0.2) is 0 Å². The first kappa shape index (κ1) is 16.5. The number of nitrogens with zero attached hydrogens (tertiary/aromatic N) is 1. The molecule has 0 aromatic rings. The van der Waals surface area contributed by atoms with Crippen molar-refractivity contribution in [2.75, 3.05) is 7.11 Å². The number of ether oxygens (including phenoxy) is 2. The molecule has 0 radical (unpaired) electrons. The summed E-state index contributed by atoms with van der Waals surface area (Å²) in [6, 6.07) is -0.822. The van der Waals surface area contributed by atoms with E-state index in [4.69, 9.17) is 4.74 Å². The number of hydrogen-bond donors (Lipinski definition) is 2. The van der Waals surface area contributed by atoms with Crippen molar-refractivity contribution in [1.29, 1.82) is 0 Å². The van der Waals surface area contributed by atoms with Crippen molar-refractivity contribution >= 4 is 19.2 Å². The fourth-order valence-corrected chi connectivity index (χ4v) is 1.83. The Hall–Kier alpha value is -1.54. The molecule has 1 unspecified atom stereocenters. The molecule has 1 heterocycles. The SMILES string of the molecule is COC(=O)C1CCC(B(O)O)=CN1C(=O)OC(C)(C)C. The highest BCUT2D eigenvalue weighted by Gasteiger charge is 2.37. The van der Waals surface area contributed by atoms with Gasteiger partial charge in [-0.1, -0.05) is 0 Å². The van der Waals surface area contributed by atoms with Crippen molar-refractivity contribution in [3.63, 3.8) is 0 Å². The summed E-state index contributed by atoms with van der Waals surface area (Å²) in [6.45, 7) is 5.11. The van der Waals surface area contributed by atoms with Gasteiger partial charge in [-0.25, -0.2) is 9.59 Å². The van der Waals surface area contributed by atoms with E-state index in [-0.39, 0.29) is 18.3 Å². The normalized spacial score (nSPS) is 19.2. The first-order valence-corrected chi connectivity index (χ1v) is 6.31. The average molecular weight is 285 g/mol. The van der Waals surface area contributed by atoms with Gasteiger partial charge in [0.1, 0.15) is 11.6 Å².